The lowest BCUT2D eigenvalue weighted by Crippen LogP contribution is -2.18. The quantitative estimate of drug-likeness (QED) is 0.0209. The molecule has 1 aromatic rings. The van der Waals surface area contributed by atoms with E-state index in [1.165, 1.54) is 437 Å². The molecule has 0 aliphatic heterocycles. The SMILES string of the molecule is CCCCCCCCCCCCN=NCCCCCCCCCCCC.CCCCCCCCCCCCN=NCCCCCCCCCCCC.CCCCCCCCCCCCN=NCCCCCCCCCCCC.CCCCCCCCCCCCN=NCC[C@H](CCC(CCC(CC(=O)O)CC(CCC(=O)O)Cc1ccc(N=C=S)cc1)CC(=O)O)CC(=O)O. The van der Waals surface area contributed by atoms with Gasteiger partial charge in [-0.3, -0.25) is 19.2 Å². The average Bonchev–Trinajstić information content (AvgIpc) is 0.874. The predicted octanol–water partition coefficient (Wildman–Crippen LogP) is 38.3. The average molecular weight is 1850 g/mol. The molecule has 3 unspecified atom stereocenters. The zero-order valence-electron chi connectivity index (χ0n) is 86.6. The van der Waals surface area contributed by atoms with Crippen molar-refractivity contribution in [3.63, 3.8) is 0 Å². The van der Waals surface area contributed by atoms with Crippen molar-refractivity contribution in [2.45, 2.75) is 575 Å². The van der Waals surface area contributed by atoms with Crippen molar-refractivity contribution < 1.29 is 39.6 Å². The summed E-state index contributed by atoms with van der Waals surface area (Å²) >= 11 is 4.66. The van der Waals surface area contributed by atoms with Gasteiger partial charge in [0.1, 0.15) is 0 Å². The Hall–Kier alpha value is -4.70. The Labute approximate surface area is 808 Å². The van der Waals surface area contributed by atoms with E-state index in [0.717, 1.165) is 57.7 Å². The minimum absolute atomic E-state index is 0.0283. The summed E-state index contributed by atoms with van der Waals surface area (Å²) in [6, 6.07) is 7.38. The van der Waals surface area contributed by atoms with Gasteiger partial charge in [-0.1, -0.05) is 465 Å². The third-order valence-electron chi connectivity index (χ3n) is 25.7. The first-order valence-electron chi connectivity index (χ1n) is 56.1. The van der Waals surface area contributed by atoms with E-state index in [-0.39, 0.29) is 49.4 Å². The van der Waals surface area contributed by atoms with Crippen LogP contribution in [0.25, 0.3) is 0 Å². The summed E-state index contributed by atoms with van der Waals surface area (Å²) < 4.78 is 0. The Morgan fingerprint density at radius 1 is 0.238 bits per heavy atom. The first-order chi connectivity index (χ1) is 63.8. The maximum absolute atomic E-state index is 11.8. The third kappa shape index (κ3) is 112. The van der Waals surface area contributed by atoms with E-state index in [2.05, 4.69) is 112 Å². The highest BCUT2D eigenvalue weighted by Gasteiger charge is 2.25. The molecule has 760 valence electrons. The monoisotopic (exact) mass is 1840 g/mol. The second-order valence-corrected chi connectivity index (χ2v) is 38.8. The summed E-state index contributed by atoms with van der Waals surface area (Å²) in [7, 11) is 0. The Balaban J connectivity index is -0.00000176. The first kappa shape index (κ1) is 129. The van der Waals surface area contributed by atoms with Crippen LogP contribution >= 0.6 is 12.2 Å². The molecular weight excluding hydrogens is 1630 g/mol. The minimum atomic E-state index is -0.956. The Morgan fingerprint density at radius 3 is 0.638 bits per heavy atom. The molecule has 1 aromatic carbocycles. The molecule has 17 nitrogen and oxygen atoms in total. The molecule has 0 amide bonds. The number of nitrogens with zero attached hydrogens (tertiary/aromatic N) is 9. The van der Waals surface area contributed by atoms with E-state index < -0.39 is 23.9 Å². The highest BCUT2D eigenvalue weighted by molar-refractivity contribution is 7.78. The van der Waals surface area contributed by atoms with Crippen LogP contribution in [0.4, 0.5) is 5.69 Å². The first-order valence-corrected chi connectivity index (χ1v) is 56.5. The highest BCUT2D eigenvalue weighted by atomic mass is 32.1. The summed E-state index contributed by atoms with van der Waals surface area (Å²) in [4.78, 5) is 50.6. The van der Waals surface area contributed by atoms with Crippen LogP contribution in [0, 0.1) is 23.7 Å². The molecule has 0 bridgehead atoms. The Kier molecular flexibility index (Phi) is 113. The number of unbranched alkanes of at least 4 members (excludes halogenated alkanes) is 63. The summed E-state index contributed by atoms with van der Waals surface area (Å²) in [5, 5.41) is 75.2. The molecule has 0 heterocycles. The maximum Gasteiger partial charge on any atom is 0.303 e. The van der Waals surface area contributed by atoms with Gasteiger partial charge in [0.25, 0.3) is 0 Å². The number of azo groups is 4. The van der Waals surface area contributed by atoms with Gasteiger partial charge >= 0.3 is 23.9 Å². The zero-order chi connectivity index (χ0) is 95.3. The van der Waals surface area contributed by atoms with Gasteiger partial charge in [0, 0.05) is 25.7 Å². The second-order valence-electron chi connectivity index (χ2n) is 38.6. The topological polar surface area (TPSA) is 260 Å². The summed E-state index contributed by atoms with van der Waals surface area (Å²) in [5.41, 5.74) is 1.63. The number of hydrogen-bond donors (Lipinski definition) is 4. The number of benzene rings is 1. The molecule has 0 aromatic heterocycles. The molecule has 1 rings (SSSR count). The molecule has 0 spiro atoms. The largest absolute Gasteiger partial charge is 0.481 e. The maximum atomic E-state index is 11.8. The van der Waals surface area contributed by atoms with Crippen molar-refractivity contribution in [3.05, 3.63) is 29.8 Å². The number of carbonyl (C=O) groups is 4. The number of carboxylic acid groups (broad SMARTS) is 4. The van der Waals surface area contributed by atoms with E-state index >= 15 is 0 Å². The van der Waals surface area contributed by atoms with Crippen LogP contribution in [0.15, 0.2) is 70.2 Å². The van der Waals surface area contributed by atoms with Crippen LogP contribution in [0.3, 0.4) is 0 Å². The van der Waals surface area contributed by atoms with Crippen LogP contribution in [-0.2, 0) is 25.6 Å². The van der Waals surface area contributed by atoms with Gasteiger partial charge < -0.3 is 20.4 Å². The van der Waals surface area contributed by atoms with E-state index in [1.807, 2.05) is 12.1 Å². The summed E-state index contributed by atoms with van der Waals surface area (Å²) in [5.74, 6) is -4.49. The second kappa shape index (κ2) is 113. The lowest BCUT2D eigenvalue weighted by atomic mass is 9.80. The van der Waals surface area contributed by atoms with Gasteiger partial charge in [0.15, 0.2) is 0 Å². The molecule has 0 fully saturated rings. The number of carboxylic acids is 4. The van der Waals surface area contributed by atoms with Crippen molar-refractivity contribution in [1.29, 1.82) is 0 Å². The standard InChI is InChI=1S/C40H63N3O8S.3C24H50N2/c1-2-3-4-5-6-7-8-9-10-11-23-42-43-24-22-33(28-39(48)49)13-12-32(27-38(46)47)14-15-35(29-40(50)51)26-34(18-21-37(44)45)25-31-16-19-36(20-17-31)41-30-52;3*1-3-5-7-9-11-13-15-17-19-21-23-25-26-24-22-20-18-16-14-12-10-8-6-4-2/h16-17,19-20,32-35H,2-15,18,21-29H2,1H3,(H,44,45)(H,46,47)(H,48,49)(H,50,51);3*3-24H2,1-2H3/t32?,33-,34?,35?;;;/m0.../s1. The molecule has 4 N–H and O–H groups in total. The van der Waals surface area contributed by atoms with Crippen molar-refractivity contribution >= 4 is 46.9 Å². The highest BCUT2D eigenvalue weighted by Crippen LogP contribution is 2.33. The van der Waals surface area contributed by atoms with Crippen LogP contribution in [-0.4, -0.2) is 102 Å². The normalized spacial score (nSPS) is 12.4. The Bertz CT molecular complexity index is 2440. The molecular formula is C112H213N9O8S. The van der Waals surface area contributed by atoms with Crippen molar-refractivity contribution in [1.82, 2.24) is 0 Å². The molecule has 0 radical (unpaired) electrons. The number of thiocarbonyl (C=S) groups is 1. The predicted molar refractivity (Wildman–Crippen MR) is 561 cm³/mol. The van der Waals surface area contributed by atoms with Crippen molar-refractivity contribution in [2.75, 3.05) is 52.4 Å². The van der Waals surface area contributed by atoms with E-state index in [1.54, 1.807) is 12.1 Å². The van der Waals surface area contributed by atoms with E-state index in [4.69, 9.17) is 0 Å². The molecule has 4 atom stereocenters. The third-order valence-corrected chi connectivity index (χ3v) is 25.8. The number of aliphatic carboxylic acids is 4. The Morgan fingerprint density at radius 2 is 0.431 bits per heavy atom. The smallest absolute Gasteiger partial charge is 0.303 e. The van der Waals surface area contributed by atoms with Gasteiger partial charge in [-0.15, -0.1) is 0 Å². The minimum Gasteiger partial charge on any atom is -0.481 e. The van der Waals surface area contributed by atoms with E-state index in [0.29, 0.717) is 70.1 Å². The van der Waals surface area contributed by atoms with Gasteiger partial charge in [0.2, 0.25) is 0 Å². The van der Waals surface area contributed by atoms with Gasteiger partial charge in [-0.2, -0.15) is 45.9 Å². The fourth-order valence-electron chi connectivity index (χ4n) is 17.4. The zero-order valence-corrected chi connectivity index (χ0v) is 87.4. The summed E-state index contributed by atoms with van der Waals surface area (Å²) in [6.07, 6.45) is 99.8. The summed E-state index contributed by atoms with van der Waals surface area (Å²) in [6.45, 7) is 22.8. The number of rotatable bonds is 100. The fraction of sp³-hybridized carbons (Fsp3) is 0.902. The van der Waals surface area contributed by atoms with Gasteiger partial charge in [-0.25, -0.2) is 0 Å². The lowest BCUT2D eigenvalue weighted by Gasteiger charge is -2.25. The number of aliphatic imine (C=N–C) groups is 1. The number of hydrogen-bond acceptors (Lipinski definition) is 14. The van der Waals surface area contributed by atoms with E-state index in [9.17, 15) is 39.6 Å². The molecule has 0 aliphatic rings. The molecule has 0 aliphatic carbocycles. The number of isothiocyanates is 1. The molecule has 0 saturated heterocycles. The van der Waals surface area contributed by atoms with Gasteiger partial charge in [0.05, 0.1) is 63.2 Å². The van der Waals surface area contributed by atoms with Crippen molar-refractivity contribution in [2.24, 2.45) is 69.6 Å². The van der Waals surface area contributed by atoms with Crippen LogP contribution < -0.4 is 0 Å². The van der Waals surface area contributed by atoms with Crippen LogP contribution in [0.2, 0.25) is 0 Å². The molecule has 130 heavy (non-hydrogen) atoms. The fourth-order valence-corrected chi connectivity index (χ4v) is 17.5. The van der Waals surface area contributed by atoms with Crippen LogP contribution in [0.1, 0.15) is 574 Å². The van der Waals surface area contributed by atoms with Gasteiger partial charge in [-0.05, 0) is 150 Å². The van der Waals surface area contributed by atoms with Crippen LogP contribution in [0.5, 0.6) is 0 Å². The molecule has 0 saturated carbocycles. The van der Waals surface area contributed by atoms with Crippen molar-refractivity contribution in [3.8, 4) is 0 Å². The molecule has 18 heteroatoms. The lowest BCUT2D eigenvalue weighted by molar-refractivity contribution is -0.140.